The standard InChI is InChI=1S/C12H16BrClN2O2/c13-4-7-15-5-1-6-16(9-8-15)12(17)10-2-3-11(14)18-10/h2-3H,1,4-9H2. The van der Waals surface area contributed by atoms with Gasteiger partial charge in [-0.15, -0.1) is 0 Å². The number of halogens is 2. The zero-order valence-corrected chi connectivity index (χ0v) is 12.4. The van der Waals surface area contributed by atoms with Gasteiger partial charge >= 0.3 is 0 Å². The van der Waals surface area contributed by atoms with Crippen LogP contribution in [0.1, 0.15) is 17.0 Å². The van der Waals surface area contributed by atoms with Crippen LogP contribution < -0.4 is 0 Å². The number of nitrogens with zero attached hydrogens (tertiary/aromatic N) is 2. The first-order valence-corrected chi connectivity index (χ1v) is 7.53. The van der Waals surface area contributed by atoms with Crippen molar-refractivity contribution < 1.29 is 9.21 Å². The molecule has 1 saturated heterocycles. The maximum Gasteiger partial charge on any atom is 0.289 e. The van der Waals surface area contributed by atoms with Crippen LogP contribution in [-0.4, -0.2) is 53.8 Å². The lowest BCUT2D eigenvalue weighted by Gasteiger charge is -2.20. The molecule has 0 saturated carbocycles. The van der Waals surface area contributed by atoms with Gasteiger partial charge in [-0.1, -0.05) is 15.9 Å². The molecule has 1 aromatic heterocycles. The highest BCUT2D eigenvalue weighted by molar-refractivity contribution is 9.09. The van der Waals surface area contributed by atoms with Gasteiger partial charge in [-0.3, -0.25) is 4.79 Å². The van der Waals surface area contributed by atoms with E-state index in [0.29, 0.717) is 5.76 Å². The molecule has 0 aromatic carbocycles. The maximum atomic E-state index is 12.2. The van der Waals surface area contributed by atoms with Crippen molar-refractivity contribution >= 4 is 33.4 Å². The van der Waals surface area contributed by atoms with Crippen molar-refractivity contribution in [2.75, 3.05) is 38.1 Å². The molecule has 4 nitrogen and oxygen atoms in total. The molecule has 1 aromatic rings. The largest absolute Gasteiger partial charge is 0.440 e. The summed E-state index contributed by atoms with van der Waals surface area (Å²) in [6, 6.07) is 3.23. The topological polar surface area (TPSA) is 36.7 Å². The lowest BCUT2D eigenvalue weighted by Crippen LogP contribution is -2.35. The Morgan fingerprint density at radius 3 is 2.83 bits per heavy atom. The van der Waals surface area contributed by atoms with Crippen molar-refractivity contribution in [3.05, 3.63) is 23.1 Å². The van der Waals surface area contributed by atoms with E-state index in [1.165, 1.54) is 0 Å². The van der Waals surface area contributed by atoms with Crippen LogP contribution in [0, 0.1) is 0 Å². The number of alkyl halides is 1. The van der Waals surface area contributed by atoms with Crippen LogP contribution in [0.5, 0.6) is 0 Å². The van der Waals surface area contributed by atoms with Gasteiger partial charge in [-0.2, -0.15) is 0 Å². The number of carbonyl (C=O) groups is 1. The Kier molecular flexibility index (Phi) is 5.09. The molecule has 6 heteroatoms. The number of furan rings is 1. The number of rotatable bonds is 3. The van der Waals surface area contributed by atoms with Gasteiger partial charge in [0.15, 0.2) is 11.0 Å². The van der Waals surface area contributed by atoms with E-state index in [2.05, 4.69) is 20.8 Å². The SMILES string of the molecule is O=C(c1ccc(Cl)o1)N1CCCN(CCBr)CC1. The first-order chi connectivity index (χ1) is 8.70. The van der Waals surface area contributed by atoms with Crippen LogP contribution in [0.4, 0.5) is 0 Å². The first kappa shape index (κ1) is 13.9. The van der Waals surface area contributed by atoms with Crippen LogP contribution in [0.25, 0.3) is 0 Å². The Balaban J connectivity index is 1.95. The predicted octanol–water partition coefficient (Wildman–Crippen LogP) is 2.48. The van der Waals surface area contributed by atoms with Gasteiger partial charge in [0.1, 0.15) is 0 Å². The summed E-state index contributed by atoms with van der Waals surface area (Å²) in [7, 11) is 0. The molecule has 2 rings (SSSR count). The fourth-order valence-corrected chi connectivity index (χ4v) is 2.75. The summed E-state index contributed by atoms with van der Waals surface area (Å²) in [6.07, 6.45) is 0.993. The summed E-state index contributed by atoms with van der Waals surface area (Å²) < 4.78 is 5.17. The van der Waals surface area contributed by atoms with Gasteiger partial charge in [0.2, 0.25) is 0 Å². The molecular formula is C12H16BrClN2O2. The molecule has 0 N–H and O–H groups in total. The van der Waals surface area contributed by atoms with Gasteiger partial charge in [-0.05, 0) is 36.7 Å². The molecule has 2 heterocycles. The van der Waals surface area contributed by atoms with Crippen molar-refractivity contribution in [2.45, 2.75) is 6.42 Å². The third kappa shape index (κ3) is 3.49. The van der Waals surface area contributed by atoms with E-state index in [4.69, 9.17) is 16.0 Å². The third-order valence-corrected chi connectivity index (χ3v) is 3.62. The smallest absolute Gasteiger partial charge is 0.289 e. The Bertz CT molecular complexity index is 411. The fourth-order valence-electron chi connectivity index (χ4n) is 2.10. The highest BCUT2D eigenvalue weighted by Gasteiger charge is 2.22. The lowest BCUT2D eigenvalue weighted by atomic mass is 10.3. The van der Waals surface area contributed by atoms with E-state index in [0.717, 1.165) is 44.5 Å². The van der Waals surface area contributed by atoms with Crippen LogP contribution >= 0.6 is 27.5 Å². The van der Waals surface area contributed by atoms with Crippen LogP contribution in [0.15, 0.2) is 16.5 Å². The number of amides is 1. The van der Waals surface area contributed by atoms with E-state index in [-0.39, 0.29) is 11.1 Å². The van der Waals surface area contributed by atoms with E-state index >= 15 is 0 Å². The predicted molar refractivity (Wildman–Crippen MR) is 74.5 cm³/mol. The molecule has 0 aliphatic carbocycles. The Hall–Kier alpha value is -0.520. The van der Waals surface area contributed by atoms with Gasteiger partial charge in [-0.25, -0.2) is 0 Å². The van der Waals surface area contributed by atoms with Crippen LogP contribution in [0.2, 0.25) is 5.22 Å². The summed E-state index contributed by atoms with van der Waals surface area (Å²) in [5.74, 6) is 0.261. The van der Waals surface area contributed by atoms with Crippen molar-refractivity contribution in [1.82, 2.24) is 9.80 Å². The summed E-state index contributed by atoms with van der Waals surface area (Å²) in [6.45, 7) is 4.48. The Morgan fingerprint density at radius 1 is 1.33 bits per heavy atom. The highest BCUT2D eigenvalue weighted by atomic mass is 79.9. The monoisotopic (exact) mass is 334 g/mol. The third-order valence-electron chi connectivity index (χ3n) is 3.06. The molecule has 0 spiro atoms. The van der Waals surface area contributed by atoms with E-state index in [9.17, 15) is 4.79 Å². The minimum atomic E-state index is -0.0670. The average Bonchev–Trinajstić information content (AvgIpc) is 2.65. The van der Waals surface area contributed by atoms with Gasteiger partial charge in [0.05, 0.1) is 0 Å². The Labute approximate surface area is 120 Å². The number of hydrogen-bond donors (Lipinski definition) is 0. The quantitative estimate of drug-likeness (QED) is 0.796. The number of hydrogen-bond acceptors (Lipinski definition) is 3. The molecular weight excluding hydrogens is 320 g/mol. The van der Waals surface area contributed by atoms with Crippen LogP contribution in [0.3, 0.4) is 0 Å². The molecule has 18 heavy (non-hydrogen) atoms. The zero-order chi connectivity index (χ0) is 13.0. The minimum absolute atomic E-state index is 0.0670. The average molecular weight is 336 g/mol. The summed E-state index contributed by atoms with van der Waals surface area (Å²) in [5, 5.41) is 1.23. The van der Waals surface area contributed by atoms with Gasteiger partial charge < -0.3 is 14.2 Å². The molecule has 1 aliphatic rings. The molecule has 1 aliphatic heterocycles. The maximum absolute atomic E-state index is 12.2. The van der Waals surface area contributed by atoms with Gasteiger partial charge in [0, 0.05) is 31.5 Å². The summed E-state index contributed by atoms with van der Waals surface area (Å²) >= 11 is 9.13. The second kappa shape index (κ2) is 6.59. The normalized spacial score (nSPS) is 17.8. The van der Waals surface area contributed by atoms with Crippen molar-refractivity contribution in [2.24, 2.45) is 0 Å². The molecule has 1 fully saturated rings. The zero-order valence-electron chi connectivity index (χ0n) is 10.1. The van der Waals surface area contributed by atoms with Crippen LogP contribution in [-0.2, 0) is 0 Å². The van der Waals surface area contributed by atoms with Crippen molar-refractivity contribution in [3.8, 4) is 0 Å². The Morgan fingerprint density at radius 2 is 2.17 bits per heavy atom. The minimum Gasteiger partial charge on any atom is -0.440 e. The second-order valence-electron chi connectivity index (χ2n) is 4.28. The van der Waals surface area contributed by atoms with E-state index in [1.54, 1.807) is 12.1 Å². The molecule has 0 unspecified atom stereocenters. The second-order valence-corrected chi connectivity index (χ2v) is 5.45. The molecule has 0 atom stereocenters. The lowest BCUT2D eigenvalue weighted by molar-refractivity contribution is 0.0730. The molecule has 0 radical (unpaired) electrons. The van der Waals surface area contributed by atoms with E-state index in [1.807, 2.05) is 4.90 Å². The van der Waals surface area contributed by atoms with E-state index < -0.39 is 0 Å². The summed E-state index contributed by atoms with van der Waals surface area (Å²) in [5.41, 5.74) is 0. The van der Waals surface area contributed by atoms with Gasteiger partial charge in [0.25, 0.3) is 5.91 Å². The van der Waals surface area contributed by atoms with Crippen molar-refractivity contribution in [3.63, 3.8) is 0 Å². The highest BCUT2D eigenvalue weighted by Crippen LogP contribution is 2.16. The molecule has 0 bridgehead atoms. The fraction of sp³-hybridized carbons (Fsp3) is 0.583. The molecule has 1 amide bonds. The molecule has 100 valence electrons. The van der Waals surface area contributed by atoms with Crippen molar-refractivity contribution in [1.29, 1.82) is 0 Å². The number of carbonyl (C=O) groups excluding carboxylic acids is 1. The first-order valence-electron chi connectivity index (χ1n) is 6.03. The summed E-state index contributed by atoms with van der Waals surface area (Å²) in [4.78, 5) is 16.4.